The fraction of sp³-hybridized carbons (Fsp3) is 0.143. The minimum Gasteiger partial charge on any atom is -0.316 e. The van der Waals surface area contributed by atoms with Gasteiger partial charge in [0, 0.05) is 6.54 Å². The summed E-state index contributed by atoms with van der Waals surface area (Å²) >= 11 is 0. The minimum atomic E-state index is -1.51. The number of benzene rings is 2. The molecule has 0 fully saturated rings. The van der Waals surface area contributed by atoms with E-state index in [1.165, 1.54) is 18.2 Å². The van der Waals surface area contributed by atoms with E-state index in [-0.39, 0.29) is 5.56 Å². The van der Waals surface area contributed by atoms with E-state index in [1.807, 2.05) is 0 Å². The molecule has 1 N–H and O–H groups in total. The third kappa shape index (κ3) is 2.76. The van der Waals surface area contributed by atoms with Crippen LogP contribution in [0.3, 0.4) is 0 Å². The summed E-state index contributed by atoms with van der Waals surface area (Å²) in [5, 5.41) is 2.83. The van der Waals surface area contributed by atoms with Crippen molar-refractivity contribution < 1.29 is 17.6 Å². The zero-order valence-electron chi connectivity index (χ0n) is 10.1. The number of hydrogen-bond donors (Lipinski definition) is 1. The molecular weight excluding hydrogens is 258 g/mol. The molecule has 0 aliphatic heterocycles. The monoisotopic (exact) mass is 269 g/mol. The maximum Gasteiger partial charge on any atom is 0.194 e. The minimum absolute atomic E-state index is 0.168. The van der Waals surface area contributed by atoms with Crippen molar-refractivity contribution in [2.75, 3.05) is 7.05 Å². The van der Waals surface area contributed by atoms with Crippen molar-refractivity contribution in [3.63, 3.8) is 0 Å². The van der Waals surface area contributed by atoms with Crippen LogP contribution in [0, 0.1) is 23.3 Å². The molecule has 0 atom stereocenters. The van der Waals surface area contributed by atoms with Crippen molar-refractivity contribution in [3.05, 3.63) is 59.2 Å². The average molecular weight is 269 g/mol. The van der Waals surface area contributed by atoms with Gasteiger partial charge in [0.2, 0.25) is 0 Å². The molecule has 0 aromatic heterocycles. The van der Waals surface area contributed by atoms with Gasteiger partial charge in [-0.15, -0.1) is 0 Å². The summed E-state index contributed by atoms with van der Waals surface area (Å²) in [5.41, 5.74) is 1.16. The molecule has 0 heterocycles. The van der Waals surface area contributed by atoms with Gasteiger partial charge in [-0.05, 0) is 48.0 Å². The van der Waals surface area contributed by atoms with Gasteiger partial charge in [-0.2, -0.15) is 0 Å². The molecule has 0 aliphatic carbocycles. The summed E-state index contributed by atoms with van der Waals surface area (Å²) in [6.07, 6.45) is 0. The highest BCUT2D eigenvalue weighted by atomic mass is 19.2. The van der Waals surface area contributed by atoms with Crippen LogP contribution in [0.4, 0.5) is 17.6 Å². The van der Waals surface area contributed by atoms with Gasteiger partial charge in [-0.1, -0.05) is 6.07 Å². The first-order chi connectivity index (χ1) is 9.02. The zero-order chi connectivity index (χ0) is 14.0. The van der Waals surface area contributed by atoms with E-state index >= 15 is 0 Å². The molecule has 100 valence electrons. The first kappa shape index (κ1) is 13.5. The van der Waals surface area contributed by atoms with Crippen LogP contribution in [0.15, 0.2) is 30.3 Å². The van der Waals surface area contributed by atoms with Crippen LogP contribution in [-0.4, -0.2) is 7.05 Å². The molecule has 0 bridgehead atoms. The Labute approximate surface area is 107 Å². The van der Waals surface area contributed by atoms with Crippen LogP contribution in [0.1, 0.15) is 5.56 Å². The highest BCUT2D eigenvalue weighted by Gasteiger charge is 2.14. The van der Waals surface area contributed by atoms with Crippen molar-refractivity contribution in [1.29, 1.82) is 0 Å². The first-order valence-electron chi connectivity index (χ1n) is 5.61. The topological polar surface area (TPSA) is 12.0 Å². The lowest BCUT2D eigenvalue weighted by Crippen LogP contribution is -2.07. The lowest BCUT2D eigenvalue weighted by Gasteiger charge is -2.10. The third-order valence-electron chi connectivity index (χ3n) is 2.73. The highest BCUT2D eigenvalue weighted by molar-refractivity contribution is 5.67. The van der Waals surface area contributed by atoms with E-state index in [1.54, 1.807) is 7.05 Å². The molecule has 0 aliphatic rings. The van der Waals surface area contributed by atoms with Crippen LogP contribution in [0.2, 0.25) is 0 Å². The quantitative estimate of drug-likeness (QED) is 0.662. The Balaban J connectivity index is 2.58. The van der Waals surface area contributed by atoms with Crippen LogP contribution in [-0.2, 0) is 6.54 Å². The lowest BCUT2D eigenvalue weighted by molar-refractivity contribution is 0.447. The third-order valence-corrected chi connectivity index (χ3v) is 2.73. The van der Waals surface area contributed by atoms with Crippen LogP contribution < -0.4 is 5.32 Å². The van der Waals surface area contributed by atoms with Gasteiger partial charge in [-0.25, -0.2) is 17.6 Å². The van der Waals surface area contributed by atoms with E-state index in [4.69, 9.17) is 0 Å². The van der Waals surface area contributed by atoms with E-state index in [9.17, 15) is 17.6 Å². The predicted octanol–water partition coefficient (Wildman–Crippen LogP) is 3.63. The summed E-state index contributed by atoms with van der Waals surface area (Å²) in [5.74, 6) is -4.50. The molecule has 19 heavy (non-hydrogen) atoms. The number of hydrogen-bond acceptors (Lipinski definition) is 1. The fourth-order valence-electron chi connectivity index (χ4n) is 1.89. The number of halogens is 4. The molecule has 1 nitrogen and oxygen atoms in total. The molecule has 5 heteroatoms. The summed E-state index contributed by atoms with van der Waals surface area (Å²) in [4.78, 5) is 0. The highest BCUT2D eigenvalue weighted by Crippen LogP contribution is 2.27. The molecule has 0 amide bonds. The predicted molar refractivity (Wildman–Crippen MR) is 64.5 cm³/mol. The maximum absolute atomic E-state index is 13.2. The molecule has 0 unspecified atom stereocenters. The van der Waals surface area contributed by atoms with E-state index < -0.39 is 23.3 Å². The number of nitrogens with one attached hydrogen (secondary N) is 1. The second-order valence-corrected chi connectivity index (χ2v) is 4.09. The maximum atomic E-state index is 13.2. The normalized spacial score (nSPS) is 10.8. The summed E-state index contributed by atoms with van der Waals surface area (Å²) in [7, 11) is 1.67. The Morgan fingerprint density at radius 2 is 1.58 bits per heavy atom. The molecule has 2 rings (SSSR count). The van der Waals surface area contributed by atoms with Crippen molar-refractivity contribution in [2.45, 2.75) is 6.54 Å². The molecule has 0 saturated heterocycles. The zero-order valence-corrected chi connectivity index (χ0v) is 10.1. The Morgan fingerprint density at radius 3 is 2.16 bits per heavy atom. The SMILES string of the molecule is CNCc1cc(F)ccc1-c1cc(F)c(F)c(F)c1. The van der Waals surface area contributed by atoms with Crippen molar-refractivity contribution in [1.82, 2.24) is 5.32 Å². The summed E-state index contributed by atoms with van der Waals surface area (Å²) in [6.45, 7) is 0.327. The molecule has 0 saturated carbocycles. The summed E-state index contributed by atoms with van der Waals surface area (Å²) in [6, 6.07) is 5.66. The van der Waals surface area contributed by atoms with Gasteiger partial charge >= 0.3 is 0 Å². The molecule has 0 radical (unpaired) electrons. The first-order valence-corrected chi connectivity index (χ1v) is 5.61. The fourth-order valence-corrected chi connectivity index (χ4v) is 1.89. The van der Waals surface area contributed by atoms with Crippen LogP contribution in [0.25, 0.3) is 11.1 Å². The van der Waals surface area contributed by atoms with Crippen molar-refractivity contribution in [3.8, 4) is 11.1 Å². The van der Waals surface area contributed by atoms with Gasteiger partial charge in [-0.3, -0.25) is 0 Å². The molecule has 0 spiro atoms. The van der Waals surface area contributed by atoms with Crippen molar-refractivity contribution >= 4 is 0 Å². The second kappa shape index (κ2) is 5.40. The molecule has 2 aromatic carbocycles. The van der Waals surface area contributed by atoms with Gasteiger partial charge in [0.25, 0.3) is 0 Å². The van der Waals surface area contributed by atoms with Crippen molar-refractivity contribution in [2.24, 2.45) is 0 Å². The lowest BCUT2D eigenvalue weighted by atomic mass is 9.99. The smallest absolute Gasteiger partial charge is 0.194 e. The molecular formula is C14H11F4N. The largest absolute Gasteiger partial charge is 0.316 e. The summed E-state index contributed by atoms with van der Waals surface area (Å²) < 4.78 is 52.5. The van der Waals surface area contributed by atoms with Crippen LogP contribution in [0.5, 0.6) is 0 Å². The van der Waals surface area contributed by atoms with Gasteiger partial charge in [0.1, 0.15) is 5.82 Å². The second-order valence-electron chi connectivity index (χ2n) is 4.09. The van der Waals surface area contributed by atoms with Gasteiger partial charge < -0.3 is 5.32 Å². The Kier molecular flexibility index (Phi) is 3.85. The van der Waals surface area contributed by atoms with Crippen LogP contribution >= 0.6 is 0 Å². The molecule has 2 aromatic rings. The van der Waals surface area contributed by atoms with Gasteiger partial charge in [0.15, 0.2) is 17.5 Å². The Bertz CT molecular complexity index is 587. The van der Waals surface area contributed by atoms with E-state index in [0.717, 1.165) is 12.1 Å². The average Bonchev–Trinajstić information content (AvgIpc) is 2.36. The Hall–Kier alpha value is -1.88. The van der Waals surface area contributed by atoms with Gasteiger partial charge in [0.05, 0.1) is 0 Å². The Morgan fingerprint density at radius 1 is 0.947 bits per heavy atom. The number of rotatable bonds is 3. The van der Waals surface area contributed by atoms with E-state index in [0.29, 0.717) is 17.7 Å². The van der Waals surface area contributed by atoms with E-state index in [2.05, 4.69) is 5.32 Å². The standard InChI is InChI=1S/C14H11F4N/c1-19-7-9-4-10(15)2-3-11(9)8-5-12(16)14(18)13(17)6-8/h2-6,19H,7H2,1H3.